The lowest BCUT2D eigenvalue weighted by Gasteiger charge is -2.27. The van der Waals surface area contributed by atoms with E-state index in [1.807, 2.05) is 6.92 Å². The second kappa shape index (κ2) is 3.92. The van der Waals surface area contributed by atoms with Gasteiger partial charge >= 0.3 is 0 Å². The largest absolute Gasteiger partial charge is 0.379 e. The van der Waals surface area contributed by atoms with Crippen molar-refractivity contribution in [2.45, 2.75) is 38.5 Å². The zero-order valence-corrected chi connectivity index (χ0v) is 7.66. The first-order valence-electron chi connectivity index (χ1n) is 4.47. The predicted molar refractivity (Wildman–Crippen MR) is 49.4 cm³/mol. The van der Waals surface area contributed by atoms with Crippen molar-refractivity contribution >= 4 is 0 Å². The van der Waals surface area contributed by atoms with Crippen LogP contribution in [0.25, 0.3) is 0 Å². The first-order valence-corrected chi connectivity index (χ1v) is 4.47. The number of allylic oxidation sites excluding steroid dienone is 1. The summed E-state index contributed by atoms with van der Waals surface area (Å²) in [5, 5.41) is 9.03. The average molecular weight is 170 g/mol. The fourth-order valence-corrected chi connectivity index (χ4v) is 1.86. The Morgan fingerprint density at radius 3 is 3.00 bits per heavy atom. The molecule has 0 aromatic carbocycles. The molecule has 3 N–H and O–H groups in total. The summed E-state index contributed by atoms with van der Waals surface area (Å²) >= 11 is 0. The Bertz CT molecular complexity index is 168. The van der Waals surface area contributed by atoms with Crippen LogP contribution in [-0.2, 0) is 0 Å². The maximum absolute atomic E-state index is 9.03. The molecule has 0 saturated carbocycles. The highest BCUT2D eigenvalue weighted by molar-refractivity contribution is 4.96. The van der Waals surface area contributed by atoms with E-state index in [9.17, 15) is 0 Å². The molecule has 0 spiro atoms. The highest BCUT2D eigenvalue weighted by Gasteiger charge is 2.24. The lowest BCUT2D eigenvalue weighted by molar-refractivity contribution is 0.137. The van der Waals surface area contributed by atoms with Gasteiger partial charge in [0.1, 0.15) is 6.23 Å². The van der Waals surface area contributed by atoms with Crippen molar-refractivity contribution in [2.75, 3.05) is 6.54 Å². The van der Waals surface area contributed by atoms with Gasteiger partial charge in [-0.15, -0.1) is 0 Å². The van der Waals surface area contributed by atoms with E-state index in [4.69, 9.17) is 10.8 Å². The summed E-state index contributed by atoms with van der Waals surface area (Å²) in [6.45, 7) is 6.96. The Labute approximate surface area is 73.9 Å². The molecule has 1 aliphatic rings. The number of nitrogens with zero attached hydrogens (tertiary/aromatic N) is 1. The van der Waals surface area contributed by atoms with E-state index >= 15 is 0 Å². The first-order chi connectivity index (χ1) is 5.61. The maximum atomic E-state index is 9.03. The summed E-state index contributed by atoms with van der Waals surface area (Å²) < 4.78 is 0. The summed E-state index contributed by atoms with van der Waals surface area (Å²) in [5.74, 6) is 0. The zero-order chi connectivity index (χ0) is 9.14. The van der Waals surface area contributed by atoms with Gasteiger partial charge in [-0.05, 0) is 19.8 Å². The summed E-state index contributed by atoms with van der Waals surface area (Å²) in [4.78, 5) is 2.23. The molecule has 1 unspecified atom stereocenters. The number of hydrogen-bond donors (Lipinski definition) is 2. The first kappa shape index (κ1) is 9.55. The number of nitrogens with two attached hydrogens (primary N) is 1. The Morgan fingerprint density at radius 2 is 2.50 bits per heavy atom. The molecule has 1 fully saturated rings. The van der Waals surface area contributed by atoms with Gasteiger partial charge in [0.15, 0.2) is 0 Å². The van der Waals surface area contributed by atoms with E-state index in [1.54, 1.807) is 0 Å². The third-order valence-electron chi connectivity index (χ3n) is 2.38. The maximum Gasteiger partial charge on any atom is 0.104 e. The van der Waals surface area contributed by atoms with Gasteiger partial charge in [0.2, 0.25) is 0 Å². The van der Waals surface area contributed by atoms with Crippen molar-refractivity contribution in [3.63, 3.8) is 0 Å². The molecule has 0 aromatic rings. The van der Waals surface area contributed by atoms with Crippen LogP contribution in [0.4, 0.5) is 0 Å². The molecule has 1 aliphatic heterocycles. The quantitative estimate of drug-likeness (QED) is 0.611. The van der Waals surface area contributed by atoms with Gasteiger partial charge < -0.3 is 15.7 Å². The lowest BCUT2D eigenvalue weighted by Crippen LogP contribution is -2.33. The van der Waals surface area contributed by atoms with Crippen molar-refractivity contribution in [3.8, 4) is 0 Å². The van der Waals surface area contributed by atoms with E-state index in [0.29, 0.717) is 12.5 Å². The van der Waals surface area contributed by atoms with Crippen LogP contribution in [0.15, 0.2) is 12.3 Å². The molecular weight excluding hydrogens is 152 g/mol. The molecule has 0 aliphatic carbocycles. The van der Waals surface area contributed by atoms with E-state index in [0.717, 1.165) is 18.7 Å². The van der Waals surface area contributed by atoms with Gasteiger partial charge in [-0.2, -0.15) is 0 Å². The predicted octanol–water partition coefficient (Wildman–Crippen LogP) is 0.652. The number of aliphatic hydroxyl groups excluding tert-OH is 1. The van der Waals surface area contributed by atoms with Gasteiger partial charge in [-0.1, -0.05) is 6.58 Å². The van der Waals surface area contributed by atoms with Crippen molar-refractivity contribution in [3.05, 3.63) is 12.3 Å². The molecule has 0 aromatic heterocycles. The molecule has 70 valence electrons. The van der Waals surface area contributed by atoms with Gasteiger partial charge in [0.05, 0.1) is 0 Å². The van der Waals surface area contributed by atoms with Crippen molar-refractivity contribution in [1.29, 1.82) is 0 Å². The number of hydrogen-bond acceptors (Lipinski definition) is 3. The Balaban J connectivity index is 2.46. The topological polar surface area (TPSA) is 49.5 Å². The molecule has 2 atom stereocenters. The summed E-state index contributed by atoms with van der Waals surface area (Å²) in [6, 6.07) is 0.405. The van der Waals surface area contributed by atoms with Crippen LogP contribution in [0.5, 0.6) is 0 Å². The van der Waals surface area contributed by atoms with Crippen LogP contribution >= 0.6 is 0 Å². The van der Waals surface area contributed by atoms with Crippen molar-refractivity contribution in [2.24, 2.45) is 5.73 Å². The highest BCUT2D eigenvalue weighted by Crippen LogP contribution is 2.23. The Morgan fingerprint density at radius 1 is 1.83 bits per heavy atom. The molecule has 0 radical (unpaired) electrons. The van der Waals surface area contributed by atoms with Gasteiger partial charge in [0, 0.05) is 24.7 Å². The van der Waals surface area contributed by atoms with Crippen LogP contribution in [0.3, 0.4) is 0 Å². The van der Waals surface area contributed by atoms with Crippen LogP contribution in [0.1, 0.15) is 26.2 Å². The smallest absolute Gasteiger partial charge is 0.104 e. The lowest BCUT2D eigenvalue weighted by atomic mass is 10.1. The van der Waals surface area contributed by atoms with Crippen LogP contribution < -0.4 is 5.73 Å². The monoisotopic (exact) mass is 170 g/mol. The van der Waals surface area contributed by atoms with Gasteiger partial charge in [-0.25, -0.2) is 0 Å². The second-order valence-electron chi connectivity index (χ2n) is 3.53. The van der Waals surface area contributed by atoms with E-state index in [-0.39, 0.29) is 0 Å². The fraction of sp³-hybridized carbons (Fsp3) is 0.778. The molecule has 12 heavy (non-hydrogen) atoms. The number of rotatable bonds is 3. The molecule has 0 bridgehead atoms. The summed E-state index contributed by atoms with van der Waals surface area (Å²) in [5.41, 5.74) is 6.42. The minimum absolute atomic E-state index is 0.405. The van der Waals surface area contributed by atoms with Crippen molar-refractivity contribution < 1.29 is 5.11 Å². The normalized spacial score (nSPS) is 25.9. The van der Waals surface area contributed by atoms with Crippen LogP contribution in [0.2, 0.25) is 0 Å². The fourth-order valence-electron chi connectivity index (χ4n) is 1.86. The molecule has 1 saturated heterocycles. The molecule has 0 amide bonds. The average Bonchev–Trinajstić information content (AvgIpc) is 2.33. The SMILES string of the molecule is C=C(C)N1CCC[C@H]1CC(N)O. The van der Waals surface area contributed by atoms with Gasteiger partial charge in [0.25, 0.3) is 0 Å². The number of aliphatic hydroxyl groups is 1. The number of likely N-dealkylation sites (tertiary alicyclic amines) is 1. The third-order valence-corrected chi connectivity index (χ3v) is 2.38. The van der Waals surface area contributed by atoms with Gasteiger partial charge in [-0.3, -0.25) is 0 Å². The minimum Gasteiger partial charge on any atom is -0.379 e. The highest BCUT2D eigenvalue weighted by atomic mass is 16.3. The third kappa shape index (κ3) is 2.22. The molecule has 1 rings (SSSR count). The summed E-state index contributed by atoms with van der Waals surface area (Å²) in [7, 11) is 0. The van der Waals surface area contributed by atoms with Crippen LogP contribution in [0, 0.1) is 0 Å². The Hall–Kier alpha value is -0.540. The molecular formula is C9H18N2O. The van der Waals surface area contributed by atoms with E-state index in [2.05, 4.69) is 11.5 Å². The minimum atomic E-state index is -0.685. The van der Waals surface area contributed by atoms with Crippen LogP contribution in [-0.4, -0.2) is 28.8 Å². The Kier molecular flexibility index (Phi) is 3.12. The van der Waals surface area contributed by atoms with Crippen molar-refractivity contribution in [1.82, 2.24) is 4.90 Å². The standard InChI is InChI=1S/C9H18N2O/c1-7(2)11-5-3-4-8(11)6-9(10)12/h8-9,12H,1,3-6,10H2,2H3/t8-,9?/m0/s1. The second-order valence-corrected chi connectivity index (χ2v) is 3.53. The summed E-state index contributed by atoms with van der Waals surface area (Å²) in [6.07, 6.45) is 2.29. The molecule has 3 heteroatoms. The molecule has 3 nitrogen and oxygen atoms in total. The van der Waals surface area contributed by atoms with E-state index in [1.165, 1.54) is 6.42 Å². The zero-order valence-electron chi connectivity index (χ0n) is 7.66. The van der Waals surface area contributed by atoms with E-state index < -0.39 is 6.23 Å². The molecule has 1 heterocycles.